The molecule has 35 heavy (non-hydrogen) atoms. The third-order valence-electron chi connectivity index (χ3n) is 6.54. The number of aromatic nitrogens is 1. The first-order valence-electron chi connectivity index (χ1n) is 12.0. The lowest BCUT2D eigenvalue weighted by Gasteiger charge is -2.43. The molecule has 2 fully saturated rings. The molecule has 9 heteroatoms. The lowest BCUT2D eigenvalue weighted by molar-refractivity contribution is -0.153. The molecule has 1 atom stereocenters. The summed E-state index contributed by atoms with van der Waals surface area (Å²) in [6, 6.07) is 8.83. The lowest BCUT2D eigenvalue weighted by Crippen LogP contribution is -2.58. The molecule has 0 saturated carbocycles. The van der Waals surface area contributed by atoms with Crippen LogP contribution in [0.1, 0.15) is 41.6 Å². The van der Waals surface area contributed by atoms with Gasteiger partial charge < -0.3 is 24.0 Å². The Morgan fingerprint density at radius 3 is 2.69 bits per heavy atom. The van der Waals surface area contributed by atoms with E-state index in [9.17, 15) is 9.59 Å². The molecule has 0 spiro atoms. The third kappa shape index (κ3) is 6.05. The van der Waals surface area contributed by atoms with Crippen LogP contribution in [0.4, 0.5) is 0 Å². The number of benzene rings is 1. The van der Waals surface area contributed by atoms with E-state index in [2.05, 4.69) is 4.98 Å². The topological polar surface area (TPSA) is 81.2 Å². The summed E-state index contributed by atoms with van der Waals surface area (Å²) in [6.07, 6.45) is 4.86. The fraction of sp³-hybridized carbons (Fsp3) is 0.500. The Bertz CT molecular complexity index is 1060. The van der Waals surface area contributed by atoms with Crippen molar-refractivity contribution in [2.24, 2.45) is 0 Å². The Balaban J connectivity index is 1.56. The molecular weight excluding hydrogens is 470 g/mol. The smallest absolute Gasteiger partial charge is 0.259 e. The summed E-state index contributed by atoms with van der Waals surface area (Å²) in [5.74, 6) is 0.716. The van der Waals surface area contributed by atoms with Gasteiger partial charge in [-0.05, 0) is 62.1 Å². The summed E-state index contributed by atoms with van der Waals surface area (Å²) in [7, 11) is 1.49. The van der Waals surface area contributed by atoms with Crippen molar-refractivity contribution >= 4 is 23.4 Å². The summed E-state index contributed by atoms with van der Waals surface area (Å²) in [5.41, 5.74) is 0.292. The van der Waals surface area contributed by atoms with Gasteiger partial charge in [0.1, 0.15) is 23.5 Å². The summed E-state index contributed by atoms with van der Waals surface area (Å²) >= 11 is 6.16. The Hall–Kier alpha value is -2.84. The highest BCUT2D eigenvalue weighted by atomic mass is 35.5. The number of carbonyl (C=O) groups excluding carboxylic acids is 2. The van der Waals surface area contributed by atoms with Crippen LogP contribution in [0.3, 0.4) is 0 Å². The summed E-state index contributed by atoms with van der Waals surface area (Å²) in [6.45, 7) is 4.45. The Morgan fingerprint density at radius 2 is 1.94 bits per heavy atom. The molecule has 0 bridgehead atoms. The minimum atomic E-state index is -0.981. The van der Waals surface area contributed by atoms with E-state index in [1.807, 2.05) is 17.9 Å². The highest BCUT2D eigenvalue weighted by Gasteiger charge is 2.43. The van der Waals surface area contributed by atoms with Crippen molar-refractivity contribution < 1.29 is 23.8 Å². The number of carbonyl (C=O) groups is 2. The third-order valence-corrected chi connectivity index (χ3v) is 6.97. The van der Waals surface area contributed by atoms with Crippen LogP contribution in [0.2, 0.25) is 5.02 Å². The number of morpholine rings is 1. The highest BCUT2D eigenvalue weighted by Crippen LogP contribution is 2.29. The number of likely N-dealkylation sites (tertiary alicyclic amines) is 1. The van der Waals surface area contributed by atoms with Crippen LogP contribution in [0.25, 0.3) is 0 Å². The number of rotatable bonds is 7. The van der Waals surface area contributed by atoms with E-state index in [1.165, 1.54) is 7.11 Å². The first kappa shape index (κ1) is 25.3. The number of aryl methyl sites for hydroxylation is 1. The van der Waals surface area contributed by atoms with Crippen LogP contribution >= 0.6 is 11.6 Å². The second-order valence-corrected chi connectivity index (χ2v) is 9.54. The number of methoxy groups -OCH3 is 1. The van der Waals surface area contributed by atoms with E-state index in [1.54, 1.807) is 35.4 Å². The van der Waals surface area contributed by atoms with Gasteiger partial charge in [0, 0.05) is 30.9 Å². The van der Waals surface area contributed by atoms with Crippen LogP contribution in [-0.2, 0) is 9.53 Å². The van der Waals surface area contributed by atoms with Crippen molar-refractivity contribution in [2.75, 3.05) is 46.5 Å². The molecule has 3 heterocycles. The maximum Gasteiger partial charge on any atom is 0.259 e. The Labute approximate surface area is 211 Å². The van der Waals surface area contributed by atoms with Crippen LogP contribution in [-0.4, -0.2) is 78.7 Å². The second kappa shape index (κ2) is 11.3. The number of amides is 2. The molecule has 2 aliphatic heterocycles. The monoisotopic (exact) mass is 501 g/mol. The highest BCUT2D eigenvalue weighted by molar-refractivity contribution is 6.31. The van der Waals surface area contributed by atoms with Crippen molar-refractivity contribution in [3.05, 3.63) is 52.7 Å². The van der Waals surface area contributed by atoms with Crippen molar-refractivity contribution in [1.82, 2.24) is 14.8 Å². The van der Waals surface area contributed by atoms with Crippen molar-refractivity contribution in [2.45, 2.75) is 38.2 Å². The molecule has 2 saturated heterocycles. The molecule has 2 aromatic rings. The molecule has 188 valence electrons. The molecular formula is C26H32ClN3O5. The Kier molecular flexibility index (Phi) is 8.13. The normalized spacial score (nSPS) is 20.4. The van der Waals surface area contributed by atoms with Gasteiger partial charge in [-0.1, -0.05) is 11.6 Å². The van der Waals surface area contributed by atoms with E-state index in [4.69, 9.17) is 25.8 Å². The van der Waals surface area contributed by atoms with Crippen LogP contribution in [0.5, 0.6) is 11.6 Å². The average molecular weight is 502 g/mol. The minimum Gasteiger partial charge on any atom is -0.490 e. The predicted octanol–water partition coefficient (Wildman–Crippen LogP) is 3.74. The van der Waals surface area contributed by atoms with Crippen molar-refractivity contribution in [3.63, 3.8) is 0 Å². The molecule has 0 aliphatic carbocycles. The summed E-state index contributed by atoms with van der Waals surface area (Å²) in [5, 5.41) is 0.656. The summed E-state index contributed by atoms with van der Waals surface area (Å²) in [4.78, 5) is 34.4. The predicted molar refractivity (Wildman–Crippen MR) is 132 cm³/mol. The van der Waals surface area contributed by atoms with Gasteiger partial charge in [-0.2, -0.15) is 0 Å². The molecule has 0 N–H and O–H groups in total. The van der Waals surface area contributed by atoms with Gasteiger partial charge in [-0.15, -0.1) is 0 Å². The first-order valence-corrected chi connectivity index (χ1v) is 12.4. The van der Waals surface area contributed by atoms with Gasteiger partial charge in [0.15, 0.2) is 0 Å². The second-order valence-electron chi connectivity index (χ2n) is 9.14. The zero-order valence-corrected chi connectivity index (χ0v) is 21.1. The minimum absolute atomic E-state index is 0.0221. The van der Waals surface area contributed by atoms with E-state index in [-0.39, 0.29) is 37.3 Å². The number of ether oxygens (including phenoxy) is 3. The fourth-order valence-electron chi connectivity index (χ4n) is 4.60. The van der Waals surface area contributed by atoms with Crippen LogP contribution < -0.4 is 9.47 Å². The number of hydrogen-bond donors (Lipinski definition) is 0. The largest absolute Gasteiger partial charge is 0.490 e. The molecule has 4 rings (SSSR count). The SMILES string of the molecule is COc1ncccc1C(=O)N1CCO[C@](COc2ccc(Cl)c(C)c2)(CC(=O)N2CCCCC2)C1. The number of piperidine rings is 1. The van der Waals surface area contributed by atoms with Crippen molar-refractivity contribution in [3.8, 4) is 11.6 Å². The number of halogens is 1. The maximum atomic E-state index is 13.4. The molecule has 1 aromatic carbocycles. The lowest BCUT2D eigenvalue weighted by atomic mass is 9.95. The van der Waals surface area contributed by atoms with Crippen LogP contribution in [0.15, 0.2) is 36.5 Å². The quantitative estimate of drug-likeness (QED) is 0.575. The standard InChI is InChI=1S/C26H32ClN3O5/c1-19-15-20(8-9-22(19)27)34-18-26(16-23(31)29-11-4-3-5-12-29)17-30(13-14-35-26)25(32)21-7-6-10-28-24(21)33-2/h6-10,15H,3-5,11-14,16-18H2,1-2H3/t26-/m1/s1. The molecule has 2 amide bonds. The summed E-state index contributed by atoms with van der Waals surface area (Å²) < 4.78 is 17.7. The molecule has 0 radical (unpaired) electrons. The van der Waals surface area contributed by atoms with Gasteiger partial charge in [-0.25, -0.2) is 4.98 Å². The van der Waals surface area contributed by atoms with E-state index < -0.39 is 5.60 Å². The zero-order valence-electron chi connectivity index (χ0n) is 20.3. The zero-order chi connectivity index (χ0) is 24.8. The molecule has 1 aromatic heterocycles. The maximum absolute atomic E-state index is 13.4. The van der Waals surface area contributed by atoms with Gasteiger partial charge in [-0.3, -0.25) is 9.59 Å². The number of hydrogen-bond acceptors (Lipinski definition) is 6. The average Bonchev–Trinajstić information content (AvgIpc) is 2.89. The molecule has 8 nitrogen and oxygen atoms in total. The molecule has 2 aliphatic rings. The van der Waals surface area contributed by atoms with Crippen molar-refractivity contribution in [1.29, 1.82) is 0 Å². The van der Waals surface area contributed by atoms with E-state index >= 15 is 0 Å². The van der Waals surface area contributed by atoms with E-state index in [0.717, 1.165) is 37.9 Å². The van der Waals surface area contributed by atoms with Gasteiger partial charge >= 0.3 is 0 Å². The number of pyridine rings is 1. The number of nitrogens with zero attached hydrogens (tertiary/aromatic N) is 3. The van der Waals surface area contributed by atoms with Gasteiger partial charge in [0.05, 0.1) is 26.7 Å². The molecule has 0 unspecified atom stereocenters. The Morgan fingerprint density at radius 1 is 1.14 bits per heavy atom. The first-order chi connectivity index (χ1) is 16.9. The van der Waals surface area contributed by atoms with Gasteiger partial charge in [0.2, 0.25) is 11.8 Å². The fourth-order valence-corrected chi connectivity index (χ4v) is 4.72. The van der Waals surface area contributed by atoms with Crippen LogP contribution in [0, 0.1) is 6.92 Å². The van der Waals surface area contributed by atoms with E-state index in [0.29, 0.717) is 29.5 Å². The van der Waals surface area contributed by atoms with Gasteiger partial charge in [0.25, 0.3) is 5.91 Å².